The number of fused-ring (bicyclic) bond motifs is 1. The summed E-state index contributed by atoms with van der Waals surface area (Å²) in [5.74, 6) is -0.421. The van der Waals surface area contributed by atoms with Gasteiger partial charge in [-0.2, -0.15) is 0 Å². The van der Waals surface area contributed by atoms with Crippen LogP contribution in [0.3, 0.4) is 0 Å². The smallest absolute Gasteiger partial charge is 0.344 e. The van der Waals surface area contributed by atoms with Crippen LogP contribution in [-0.4, -0.2) is 25.8 Å². The lowest BCUT2D eigenvalue weighted by molar-refractivity contribution is -0.137. The van der Waals surface area contributed by atoms with E-state index in [-0.39, 0.29) is 11.7 Å². The first-order valence-electron chi connectivity index (χ1n) is 8.88. The van der Waals surface area contributed by atoms with Gasteiger partial charge in [-0.1, -0.05) is 36.9 Å². The first-order chi connectivity index (χ1) is 13.1. The highest BCUT2D eigenvalue weighted by Gasteiger charge is 2.13. The zero-order valence-corrected chi connectivity index (χ0v) is 15.3. The molecule has 3 rings (SSSR count). The molecule has 2 aromatic rings. The maximum Gasteiger partial charge on any atom is 0.344 e. The number of esters is 1. The quantitative estimate of drug-likeness (QED) is 0.323. The van der Waals surface area contributed by atoms with Gasteiger partial charge < -0.3 is 13.9 Å². The number of hydrogen-bond acceptors (Lipinski definition) is 5. The van der Waals surface area contributed by atoms with Crippen molar-refractivity contribution in [1.29, 1.82) is 0 Å². The third-order valence-electron chi connectivity index (χ3n) is 4.50. The molecule has 1 aromatic carbocycles. The molecule has 5 heteroatoms. The molecule has 1 heterocycles. The zero-order chi connectivity index (χ0) is 19.2. The van der Waals surface area contributed by atoms with Crippen molar-refractivity contribution in [2.45, 2.75) is 25.4 Å². The number of hydrogen-bond donors (Lipinski definition) is 0. The van der Waals surface area contributed by atoms with Crippen LogP contribution in [0.5, 0.6) is 0 Å². The summed E-state index contributed by atoms with van der Waals surface area (Å²) in [6.45, 7) is 3.69. The van der Waals surface area contributed by atoms with E-state index in [4.69, 9.17) is 13.9 Å². The fraction of sp³-hybridized carbons (Fsp3) is 0.273. The van der Waals surface area contributed by atoms with Crippen LogP contribution in [0.2, 0.25) is 0 Å². The SMILES string of the molecule is C=CC(=O)OCCCc1ccc2cc(C3=CCC(OC)C=C3)c(=O)oc2c1. The summed E-state index contributed by atoms with van der Waals surface area (Å²) in [4.78, 5) is 23.5. The predicted octanol–water partition coefficient (Wildman–Crippen LogP) is 3.81. The van der Waals surface area contributed by atoms with Crippen LogP contribution >= 0.6 is 0 Å². The van der Waals surface area contributed by atoms with Crippen molar-refractivity contribution in [3.05, 3.63) is 76.7 Å². The van der Waals surface area contributed by atoms with Gasteiger partial charge in [0.15, 0.2) is 0 Å². The molecule has 0 saturated heterocycles. The molecule has 1 unspecified atom stereocenters. The van der Waals surface area contributed by atoms with Gasteiger partial charge in [0.25, 0.3) is 0 Å². The molecule has 1 aliphatic carbocycles. The minimum atomic E-state index is -0.421. The minimum Gasteiger partial charge on any atom is -0.463 e. The van der Waals surface area contributed by atoms with E-state index in [2.05, 4.69) is 6.58 Å². The van der Waals surface area contributed by atoms with Crippen molar-refractivity contribution in [2.75, 3.05) is 13.7 Å². The van der Waals surface area contributed by atoms with Gasteiger partial charge in [-0.05, 0) is 42.5 Å². The first kappa shape index (κ1) is 18.9. The topological polar surface area (TPSA) is 65.7 Å². The van der Waals surface area contributed by atoms with Gasteiger partial charge in [-0.25, -0.2) is 9.59 Å². The van der Waals surface area contributed by atoms with Gasteiger partial charge in [0, 0.05) is 18.6 Å². The van der Waals surface area contributed by atoms with Crippen molar-refractivity contribution in [1.82, 2.24) is 0 Å². The number of allylic oxidation sites excluding steroid dienone is 2. The van der Waals surface area contributed by atoms with E-state index in [9.17, 15) is 9.59 Å². The number of aryl methyl sites for hydroxylation is 1. The standard InChI is InChI=1S/C22H22O5/c1-3-21(23)26-12-4-5-15-6-7-17-14-19(22(24)27-20(17)13-15)16-8-10-18(25-2)11-9-16/h3,6-10,13-14,18H,1,4-5,11-12H2,2H3. The number of methoxy groups -OCH3 is 1. The Morgan fingerprint density at radius 1 is 1.37 bits per heavy atom. The van der Waals surface area contributed by atoms with E-state index in [1.165, 1.54) is 0 Å². The summed E-state index contributed by atoms with van der Waals surface area (Å²) in [6, 6.07) is 7.66. The summed E-state index contributed by atoms with van der Waals surface area (Å²) < 4.78 is 15.8. The van der Waals surface area contributed by atoms with E-state index < -0.39 is 5.97 Å². The molecular weight excluding hydrogens is 344 g/mol. The predicted molar refractivity (Wildman–Crippen MR) is 104 cm³/mol. The van der Waals surface area contributed by atoms with E-state index >= 15 is 0 Å². The Morgan fingerprint density at radius 2 is 2.22 bits per heavy atom. The average molecular weight is 366 g/mol. The number of rotatable bonds is 7. The first-order valence-corrected chi connectivity index (χ1v) is 8.88. The Labute approximate surface area is 157 Å². The van der Waals surface area contributed by atoms with Gasteiger partial charge in [0.2, 0.25) is 0 Å². The van der Waals surface area contributed by atoms with E-state index in [1.807, 2.05) is 42.5 Å². The molecule has 0 N–H and O–H groups in total. The van der Waals surface area contributed by atoms with Crippen LogP contribution in [0.1, 0.15) is 24.0 Å². The van der Waals surface area contributed by atoms with Crippen molar-refractivity contribution in [3.8, 4) is 0 Å². The summed E-state index contributed by atoms with van der Waals surface area (Å²) in [6.07, 6.45) is 9.17. The molecule has 0 bridgehead atoms. The van der Waals surface area contributed by atoms with Gasteiger partial charge in [-0.15, -0.1) is 0 Å². The number of benzene rings is 1. The summed E-state index contributed by atoms with van der Waals surface area (Å²) in [7, 11) is 1.67. The van der Waals surface area contributed by atoms with Crippen LogP contribution in [0.25, 0.3) is 16.5 Å². The average Bonchev–Trinajstić information content (AvgIpc) is 2.70. The number of carbonyl (C=O) groups excluding carboxylic acids is 1. The Balaban J connectivity index is 1.74. The van der Waals surface area contributed by atoms with Crippen LogP contribution in [0.4, 0.5) is 0 Å². The Morgan fingerprint density at radius 3 is 2.93 bits per heavy atom. The lowest BCUT2D eigenvalue weighted by Gasteiger charge is -2.14. The highest BCUT2D eigenvalue weighted by atomic mass is 16.5. The molecule has 1 atom stereocenters. The maximum absolute atomic E-state index is 12.4. The van der Waals surface area contributed by atoms with Crippen LogP contribution in [-0.2, 0) is 20.7 Å². The molecule has 0 aliphatic heterocycles. The lowest BCUT2D eigenvalue weighted by atomic mass is 9.98. The molecule has 0 saturated carbocycles. The van der Waals surface area contributed by atoms with E-state index in [0.717, 1.165) is 35.4 Å². The van der Waals surface area contributed by atoms with E-state index in [1.54, 1.807) is 7.11 Å². The largest absolute Gasteiger partial charge is 0.463 e. The molecule has 5 nitrogen and oxygen atoms in total. The molecule has 140 valence electrons. The monoisotopic (exact) mass is 366 g/mol. The maximum atomic E-state index is 12.4. The van der Waals surface area contributed by atoms with Gasteiger partial charge in [0.1, 0.15) is 5.58 Å². The second-order valence-corrected chi connectivity index (χ2v) is 6.32. The fourth-order valence-electron chi connectivity index (χ4n) is 3.00. The fourth-order valence-corrected chi connectivity index (χ4v) is 3.00. The third kappa shape index (κ3) is 4.63. The summed E-state index contributed by atoms with van der Waals surface area (Å²) >= 11 is 0. The van der Waals surface area contributed by atoms with Crippen LogP contribution in [0.15, 0.2) is 64.4 Å². The lowest BCUT2D eigenvalue weighted by Crippen LogP contribution is -2.11. The molecule has 1 aromatic heterocycles. The normalized spacial score (nSPS) is 16.2. The van der Waals surface area contributed by atoms with Crippen LogP contribution < -0.4 is 5.63 Å². The molecule has 0 radical (unpaired) electrons. The second-order valence-electron chi connectivity index (χ2n) is 6.32. The van der Waals surface area contributed by atoms with Crippen LogP contribution in [0, 0.1) is 0 Å². The van der Waals surface area contributed by atoms with Gasteiger partial charge >= 0.3 is 11.6 Å². The second kappa shape index (κ2) is 8.64. The van der Waals surface area contributed by atoms with Gasteiger partial charge in [-0.3, -0.25) is 0 Å². The van der Waals surface area contributed by atoms with Crippen molar-refractivity contribution < 1.29 is 18.7 Å². The highest BCUT2D eigenvalue weighted by Crippen LogP contribution is 2.24. The molecule has 1 aliphatic rings. The number of ether oxygens (including phenoxy) is 2. The molecule has 0 fully saturated rings. The minimum absolute atomic E-state index is 0.0505. The van der Waals surface area contributed by atoms with Crippen molar-refractivity contribution >= 4 is 22.5 Å². The Hall–Kier alpha value is -2.92. The molecular formula is C22H22O5. The van der Waals surface area contributed by atoms with Crippen molar-refractivity contribution in [2.24, 2.45) is 0 Å². The molecule has 27 heavy (non-hydrogen) atoms. The van der Waals surface area contributed by atoms with E-state index in [0.29, 0.717) is 24.2 Å². The zero-order valence-electron chi connectivity index (χ0n) is 15.3. The Bertz CT molecular complexity index is 964. The van der Waals surface area contributed by atoms with Gasteiger partial charge in [0.05, 0.1) is 18.3 Å². The molecule has 0 spiro atoms. The summed E-state index contributed by atoms with van der Waals surface area (Å²) in [5, 5.41) is 0.870. The van der Waals surface area contributed by atoms with Crippen molar-refractivity contribution in [3.63, 3.8) is 0 Å². The third-order valence-corrected chi connectivity index (χ3v) is 4.50. The number of carbonyl (C=O) groups is 1. The highest BCUT2D eigenvalue weighted by molar-refractivity contribution is 5.84. The Kier molecular flexibility index (Phi) is 6.04. The molecule has 0 amide bonds. The summed E-state index contributed by atoms with van der Waals surface area (Å²) in [5.41, 5.74) is 2.63.